The summed E-state index contributed by atoms with van der Waals surface area (Å²) in [6.07, 6.45) is 3.48. The third-order valence-electron chi connectivity index (χ3n) is 3.45. The van der Waals surface area contributed by atoms with Gasteiger partial charge in [0.15, 0.2) is 0 Å². The maximum atomic E-state index is 11.4. The first-order valence-electron chi connectivity index (χ1n) is 5.61. The highest BCUT2D eigenvalue weighted by Crippen LogP contribution is 2.14. The minimum absolute atomic E-state index is 0.0945. The lowest BCUT2D eigenvalue weighted by atomic mass is 10.0. The number of nitrogens with zero attached hydrogens (tertiary/aromatic N) is 2. The SMILES string of the molecule is Cn1c(CCC2CCNC2)cc(=O)n1C. The van der Waals surface area contributed by atoms with Crippen LogP contribution in [0.5, 0.6) is 0 Å². The van der Waals surface area contributed by atoms with Gasteiger partial charge in [0, 0.05) is 25.9 Å². The van der Waals surface area contributed by atoms with E-state index in [0.29, 0.717) is 0 Å². The van der Waals surface area contributed by atoms with E-state index in [1.54, 1.807) is 10.7 Å². The van der Waals surface area contributed by atoms with E-state index in [2.05, 4.69) is 5.32 Å². The molecule has 1 atom stereocenters. The highest BCUT2D eigenvalue weighted by Gasteiger charge is 2.15. The summed E-state index contributed by atoms with van der Waals surface area (Å²) in [5.41, 5.74) is 1.24. The molecule has 1 saturated heterocycles. The predicted molar refractivity (Wildman–Crippen MR) is 60.0 cm³/mol. The number of aryl methyl sites for hydroxylation is 1. The highest BCUT2D eigenvalue weighted by molar-refractivity contribution is 5.02. The Morgan fingerprint density at radius 3 is 2.80 bits per heavy atom. The first-order valence-corrected chi connectivity index (χ1v) is 5.61. The van der Waals surface area contributed by atoms with Gasteiger partial charge in [-0.3, -0.25) is 14.2 Å². The van der Waals surface area contributed by atoms with Gasteiger partial charge in [0.05, 0.1) is 0 Å². The lowest BCUT2D eigenvalue weighted by Gasteiger charge is -2.09. The molecule has 84 valence electrons. The molecule has 1 aliphatic heterocycles. The summed E-state index contributed by atoms with van der Waals surface area (Å²) in [6, 6.07) is 1.75. The fraction of sp³-hybridized carbons (Fsp3) is 0.727. The van der Waals surface area contributed by atoms with E-state index in [-0.39, 0.29) is 5.56 Å². The van der Waals surface area contributed by atoms with E-state index in [9.17, 15) is 4.79 Å². The molecule has 1 unspecified atom stereocenters. The van der Waals surface area contributed by atoms with Gasteiger partial charge in [-0.25, -0.2) is 0 Å². The minimum Gasteiger partial charge on any atom is -0.316 e. The molecule has 0 amide bonds. The smallest absolute Gasteiger partial charge is 0.266 e. The molecular weight excluding hydrogens is 190 g/mol. The van der Waals surface area contributed by atoms with Crippen LogP contribution in [-0.2, 0) is 20.5 Å². The Morgan fingerprint density at radius 1 is 1.47 bits per heavy atom. The van der Waals surface area contributed by atoms with Crippen molar-refractivity contribution in [3.8, 4) is 0 Å². The van der Waals surface area contributed by atoms with Crippen molar-refractivity contribution in [2.75, 3.05) is 13.1 Å². The summed E-state index contributed by atoms with van der Waals surface area (Å²) in [6.45, 7) is 2.29. The lowest BCUT2D eigenvalue weighted by molar-refractivity contribution is 0.501. The Balaban J connectivity index is 1.98. The van der Waals surface area contributed by atoms with Crippen molar-refractivity contribution in [1.82, 2.24) is 14.7 Å². The van der Waals surface area contributed by atoms with E-state index in [1.165, 1.54) is 12.8 Å². The van der Waals surface area contributed by atoms with Crippen molar-refractivity contribution in [3.63, 3.8) is 0 Å². The molecule has 15 heavy (non-hydrogen) atoms. The van der Waals surface area contributed by atoms with Crippen molar-refractivity contribution in [2.24, 2.45) is 20.0 Å². The number of aromatic nitrogens is 2. The van der Waals surface area contributed by atoms with Crippen LogP contribution in [-0.4, -0.2) is 22.5 Å². The van der Waals surface area contributed by atoms with Gasteiger partial charge in [0.1, 0.15) is 0 Å². The minimum atomic E-state index is 0.0945. The van der Waals surface area contributed by atoms with Crippen LogP contribution in [0.1, 0.15) is 18.5 Å². The second-order valence-corrected chi connectivity index (χ2v) is 4.42. The Morgan fingerprint density at radius 2 is 2.27 bits per heavy atom. The average Bonchev–Trinajstić information content (AvgIpc) is 2.80. The Bertz CT molecular complexity index is 385. The van der Waals surface area contributed by atoms with Crippen LogP contribution in [0.25, 0.3) is 0 Å². The van der Waals surface area contributed by atoms with Gasteiger partial charge < -0.3 is 5.32 Å². The van der Waals surface area contributed by atoms with Crippen LogP contribution in [0.3, 0.4) is 0 Å². The van der Waals surface area contributed by atoms with E-state index in [4.69, 9.17) is 0 Å². The molecule has 0 saturated carbocycles. The number of hydrogen-bond acceptors (Lipinski definition) is 2. The molecule has 1 N–H and O–H groups in total. The number of hydrogen-bond donors (Lipinski definition) is 1. The van der Waals surface area contributed by atoms with Crippen molar-refractivity contribution in [3.05, 3.63) is 22.1 Å². The fourth-order valence-corrected chi connectivity index (χ4v) is 2.22. The van der Waals surface area contributed by atoms with Crippen LogP contribution in [0.4, 0.5) is 0 Å². The molecule has 2 heterocycles. The quantitative estimate of drug-likeness (QED) is 0.776. The molecule has 1 fully saturated rings. The predicted octanol–water partition coefficient (Wildman–Crippen LogP) is 0.266. The standard InChI is InChI=1S/C11H19N3O/c1-13-10(7-11(15)14(13)2)4-3-9-5-6-12-8-9/h7,9,12H,3-6,8H2,1-2H3. The van der Waals surface area contributed by atoms with Gasteiger partial charge in [0.2, 0.25) is 0 Å². The van der Waals surface area contributed by atoms with Crippen LogP contribution >= 0.6 is 0 Å². The largest absolute Gasteiger partial charge is 0.316 e. The molecule has 0 radical (unpaired) electrons. The second kappa shape index (κ2) is 4.23. The summed E-state index contributed by atoms with van der Waals surface area (Å²) < 4.78 is 3.60. The summed E-state index contributed by atoms with van der Waals surface area (Å²) in [5.74, 6) is 0.792. The second-order valence-electron chi connectivity index (χ2n) is 4.42. The lowest BCUT2D eigenvalue weighted by Crippen LogP contribution is -2.17. The van der Waals surface area contributed by atoms with E-state index in [0.717, 1.165) is 31.1 Å². The van der Waals surface area contributed by atoms with Crippen LogP contribution in [0.15, 0.2) is 10.9 Å². The monoisotopic (exact) mass is 209 g/mol. The molecular formula is C11H19N3O. The van der Waals surface area contributed by atoms with Crippen molar-refractivity contribution in [2.45, 2.75) is 19.3 Å². The van der Waals surface area contributed by atoms with Crippen molar-refractivity contribution >= 4 is 0 Å². The number of rotatable bonds is 3. The van der Waals surface area contributed by atoms with Gasteiger partial charge in [-0.2, -0.15) is 0 Å². The zero-order valence-corrected chi connectivity index (χ0v) is 9.49. The van der Waals surface area contributed by atoms with E-state index >= 15 is 0 Å². The van der Waals surface area contributed by atoms with Crippen LogP contribution < -0.4 is 10.9 Å². The molecule has 4 nitrogen and oxygen atoms in total. The maximum Gasteiger partial charge on any atom is 0.266 e. The average molecular weight is 209 g/mol. The number of nitrogens with one attached hydrogen (secondary N) is 1. The molecule has 2 rings (SSSR count). The zero-order chi connectivity index (χ0) is 10.8. The van der Waals surface area contributed by atoms with Crippen LogP contribution in [0.2, 0.25) is 0 Å². The summed E-state index contributed by atoms with van der Waals surface area (Å²) in [4.78, 5) is 11.4. The molecule has 0 bridgehead atoms. The molecule has 1 aromatic heterocycles. The molecule has 0 spiro atoms. The topological polar surface area (TPSA) is 39.0 Å². The van der Waals surface area contributed by atoms with E-state index in [1.807, 2.05) is 18.8 Å². The third kappa shape index (κ3) is 2.15. The third-order valence-corrected chi connectivity index (χ3v) is 3.45. The summed E-state index contributed by atoms with van der Waals surface area (Å²) in [5, 5.41) is 3.37. The Kier molecular flexibility index (Phi) is 2.95. The van der Waals surface area contributed by atoms with E-state index < -0.39 is 0 Å². The van der Waals surface area contributed by atoms with Crippen molar-refractivity contribution in [1.29, 1.82) is 0 Å². The van der Waals surface area contributed by atoms with Gasteiger partial charge in [-0.15, -0.1) is 0 Å². The van der Waals surface area contributed by atoms with Gasteiger partial charge >= 0.3 is 0 Å². The summed E-state index contributed by atoms with van der Waals surface area (Å²) >= 11 is 0. The normalized spacial score (nSPS) is 21.1. The summed E-state index contributed by atoms with van der Waals surface area (Å²) in [7, 11) is 3.76. The van der Waals surface area contributed by atoms with Gasteiger partial charge in [-0.05, 0) is 38.3 Å². The zero-order valence-electron chi connectivity index (χ0n) is 9.49. The van der Waals surface area contributed by atoms with Gasteiger partial charge in [0.25, 0.3) is 5.56 Å². The highest BCUT2D eigenvalue weighted by atomic mass is 16.1. The molecule has 1 aliphatic rings. The fourth-order valence-electron chi connectivity index (χ4n) is 2.22. The Labute approximate surface area is 89.9 Å². The molecule has 0 aromatic carbocycles. The van der Waals surface area contributed by atoms with Gasteiger partial charge in [-0.1, -0.05) is 0 Å². The molecule has 0 aliphatic carbocycles. The molecule has 4 heteroatoms. The van der Waals surface area contributed by atoms with Crippen LogP contribution in [0, 0.1) is 5.92 Å². The molecule has 1 aromatic rings. The first kappa shape index (κ1) is 10.5. The first-order chi connectivity index (χ1) is 7.18. The Hall–Kier alpha value is -1.03. The van der Waals surface area contributed by atoms with Crippen molar-refractivity contribution < 1.29 is 0 Å². The maximum absolute atomic E-state index is 11.4.